The fourth-order valence-corrected chi connectivity index (χ4v) is 2.20. The molecule has 0 saturated heterocycles. The molecule has 2 aromatic rings. The van der Waals surface area contributed by atoms with Crippen LogP contribution in [0.4, 0.5) is 5.69 Å². The van der Waals surface area contributed by atoms with Crippen molar-refractivity contribution < 1.29 is 19.4 Å². The Hall–Kier alpha value is -2.21. The molecule has 0 heterocycles. The van der Waals surface area contributed by atoms with Gasteiger partial charge in [-0.1, -0.05) is 22.0 Å². The van der Waals surface area contributed by atoms with Crippen molar-refractivity contribution in [2.24, 2.45) is 0 Å². The van der Waals surface area contributed by atoms with Crippen LogP contribution in [0.2, 0.25) is 0 Å². The summed E-state index contributed by atoms with van der Waals surface area (Å²) in [5.74, 6) is -0.187. The molecular weight excluding hydrogens is 338 g/mol. The van der Waals surface area contributed by atoms with E-state index in [0.717, 1.165) is 10.0 Å². The fraction of sp³-hybridized carbons (Fsp3) is 0.133. The lowest BCUT2D eigenvalue weighted by atomic mass is 10.1. The number of hydrogen-bond acceptors (Lipinski definition) is 4. The molecule has 0 radical (unpaired) electrons. The molecular formula is C15H14BrNO4. The minimum atomic E-state index is -1.12. The summed E-state index contributed by atoms with van der Waals surface area (Å²) in [5, 5.41) is 9.19. The van der Waals surface area contributed by atoms with Crippen LogP contribution in [0.15, 0.2) is 40.9 Å². The van der Waals surface area contributed by atoms with Gasteiger partial charge in [0.25, 0.3) is 0 Å². The predicted octanol–water partition coefficient (Wildman–Crippen LogP) is 3.32. The minimum absolute atomic E-state index is 0.0310. The summed E-state index contributed by atoms with van der Waals surface area (Å²) in [5.41, 5.74) is 6.66. The van der Waals surface area contributed by atoms with Crippen molar-refractivity contribution >= 4 is 27.6 Å². The lowest BCUT2D eigenvalue weighted by molar-refractivity contribution is 0.0693. The van der Waals surface area contributed by atoms with Crippen molar-refractivity contribution in [3.63, 3.8) is 0 Å². The van der Waals surface area contributed by atoms with E-state index in [4.69, 9.17) is 15.2 Å². The summed E-state index contributed by atoms with van der Waals surface area (Å²) >= 11 is 3.42. The molecule has 0 unspecified atom stereocenters. The van der Waals surface area contributed by atoms with Gasteiger partial charge in [0, 0.05) is 15.7 Å². The quantitative estimate of drug-likeness (QED) is 0.807. The van der Waals surface area contributed by atoms with Crippen LogP contribution in [0.3, 0.4) is 0 Å². The van der Waals surface area contributed by atoms with Gasteiger partial charge in [-0.2, -0.15) is 0 Å². The maximum atomic E-state index is 11.2. The van der Waals surface area contributed by atoms with Crippen molar-refractivity contribution in [1.29, 1.82) is 0 Å². The van der Waals surface area contributed by atoms with Crippen LogP contribution < -0.4 is 15.2 Å². The summed E-state index contributed by atoms with van der Waals surface area (Å²) in [6, 6.07) is 10.2. The van der Waals surface area contributed by atoms with Crippen molar-refractivity contribution in [1.82, 2.24) is 0 Å². The second-order valence-electron chi connectivity index (χ2n) is 4.27. The molecule has 0 aliphatic rings. The highest BCUT2D eigenvalue weighted by Crippen LogP contribution is 2.28. The summed E-state index contributed by atoms with van der Waals surface area (Å²) in [7, 11) is 1.58. The number of rotatable bonds is 5. The van der Waals surface area contributed by atoms with E-state index in [2.05, 4.69) is 15.9 Å². The Kier molecular flexibility index (Phi) is 4.70. The third-order valence-corrected chi connectivity index (χ3v) is 3.68. The third-order valence-electron chi connectivity index (χ3n) is 2.91. The third kappa shape index (κ3) is 3.46. The molecule has 3 N–H and O–H groups in total. The van der Waals surface area contributed by atoms with Crippen LogP contribution in [-0.2, 0) is 6.61 Å². The van der Waals surface area contributed by atoms with Gasteiger partial charge in [-0.25, -0.2) is 4.79 Å². The number of benzene rings is 2. The summed E-state index contributed by atoms with van der Waals surface area (Å²) in [6.45, 7) is 0.196. The lowest BCUT2D eigenvalue weighted by Crippen LogP contribution is -2.07. The number of carboxylic acid groups (broad SMARTS) is 1. The standard InChI is InChI=1S/C15H14BrNO4/c1-20-10-5-6-11(16)9(7-10)8-21-13-4-2-3-12(17)14(13)15(18)19/h2-7H,8,17H2,1H3,(H,18,19). The first kappa shape index (κ1) is 15.2. The number of aromatic carboxylic acids is 1. The van der Waals surface area contributed by atoms with E-state index in [-0.39, 0.29) is 23.6 Å². The molecule has 0 amide bonds. The average molecular weight is 352 g/mol. The van der Waals surface area contributed by atoms with E-state index < -0.39 is 5.97 Å². The van der Waals surface area contributed by atoms with E-state index >= 15 is 0 Å². The number of halogens is 1. The molecule has 0 atom stereocenters. The molecule has 110 valence electrons. The van der Waals surface area contributed by atoms with E-state index in [1.165, 1.54) is 6.07 Å². The van der Waals surface area contributed by atoms with Crippen LogP contribution >= 0.6 is 15.9 Å². The molecule has 0 aromatic heterocycles. The van der Waals surface area contributed by atoms with Gasteiger partial charge in [0.1, 0.15) is 23.7 Å². The van der Waals surface area contributed by atoms with Crippen LogP contribution in [0.1, 0.15) is 15.9 Å². The molecule has 6 heteroatoms. The van der Waals surface area contributed by atoms with Gasteiger partial charge in [0.05, 0.1) is 7.11 Å². The Morgan fingerprint density at radius 3 is 2.76 bits per heavy atom. The van der Waals surface area contributed by atoms with Gasteiger partial charge in [0.15, 0.2) is 0 Å². The number of carboxylic acids is 1. The first-order valence-electron chi connectivity index (χ1n) is 6.10. The van der Waals surface area contributed by atoms with Crippen molar-refractivity contribution in [3.05, 3.63) is 52.0 Å². The van der Waals surface area contributed by atoms with Gasteiger partial charge in [-0.3, -0.25) is 0 Å². The van der Waals surface area contributed by atoms with Gasteiger partial charge in [-0.15, -0.1) is 0 Å². The Morgan fingerprint density at radius 2 is 2.10 bits per heavy atom. The molecule has 21 heavy (non-hydrogen) atoms. The number of anilines is 1. The maximum absolute atomic E-state index is 11.2. The second kappa shape index (κ2) is 6.49. The second-order valence-corrected chi connectivity index (χ2v) is 5.13. The predicted molar refractivity (Wildman–Crippen MR) is 82.8 cm³/mol. The van der Waals surface area contributed by atoms with Crippen molar-refractivity contribution in [3.8, 4) is 11.5 Å². The van der Waals surface area contributed by atoms with Crippen LogP contribution in [0, 0.1) is 0 Å². The van der Waals surface area contributed by atoms with Gasteiger partial charge in [0.2, 0.25) is 0 Å². The highest BCUT2D eigenvalue weighted by molar-refractivity contribution is 9.10. The first-order chi connectivity index (χ1) is 10.0. The number of nitrogen functional groups attached to an aromatic ring is 1. The molecule has 0 bridgehead atoms. The minimum Gasteiger partial charge on any atom is -0.497 e. The smallest absolute Gasteiger partial charge is 0.341 e. The van der Waals surface area contributed by atoms with Crippen LogP contribution in [0.5, 0.6) is 11.5 Å². The van der Waals surface area contributed by atoms with Crippen molar-refractivity contribution in [2.45, 2.75) is 6.61 Å². The molecule has 0 aliphatic heterocycles. The zero-order valence-electron chi connectivity index (χ0n) is 11.3. The normalized spacial score (nSPS) is 10.2. The number of carbonyl (C=O) groups is 1. The number of methoxy groups -OCH3 is 1. The highest BCUT2D eigenvalue weighted by Gasteiger charge is 2.15. The largest absolute Gasteiger partial charge is 0.497 e. The van der Waals surface area contributed by atoms with E-state index in [1.807, 2.05) is 18.2 Å². The number of hydrogen-bond donors (Lipinski definition) is 2. The SMILES string of the molecule is COc1ccc(Br)c(COc2cccc(N)c2C(=O)O)c1. The molecule has 2 aromatic carbocycles. The Bertz CT molecular complexity index is 673. The monoisotopic (exact) mass is 351 g/mol. The zero-order valence-corrected chi connectivity index (χ0v) is 12.9. The first-order valence-corrected chi connectivity index (χ1v) is 6.89. The fourth-order valence-electron chi connectivity index (χ4n) is 1.84. The Balaban J connectivity index is 2.25. The molecule has 0 saturated carbocycles. The molecule has 0 spiro atoms. The average Bonchev–Trinajstić information content (AvgIpc) is 2.46. The van der Waals surface area contributed by atoms with Crippen LogP contribution in [-0.4, -0.2) is 18.2 Å². The van der Waals surface area contributed by atoms with Gasteiger partial charge in [-0.05, 0) is 30.3 Å². The Morgan fingerprint density at radius 1 is 1.33 bits per heavy atom. The van der Waals surface area contributed by atoms with Gasteiger partial charge < -0.3 is 20.3 Å². The van der Waals surface area contributed by atoms with Gasteiger partial charge >= 0.3 is 5.97 Å². The highest BCUT2D eigenvalue weighted by atomic mass is 79.9. The topological polar surface area (TPSA) is 81.8 Å². The molecule has 5 nitrogen and oxygen atoms in total. The maximum Gasteiger partial charge on any atom is 0.341 e. The zero-order chi connectivity index (χ0) is 15.4. The number of nitrogens with two attached hydrogens (primary N) is 1. The molecule has 0 fully saturated rings. The Labute approximate surface area is 130 Å². The molecule has 2 rings (SSSR count). The number of ether oxygens (including phenoxy) is 2. The lowest BCUT2D eigenvalue weighted by Gasteiger charge is -2.12. The van der Waals surface area contributed by atoms with E-state index in [1.54, 1.807) is 19.2 Å². The molecule has 0 aliphatic carbocycles. The van der Waals surface area contributed by atoms with Crippen LogP contribution in [0.25, 0.3) is 0 Å². The summed E-state index contributed by atoms with van der Waals surface area (Å²) < 4.78 is 11.6. The van der Waals surface area contributed by atoms with Crippen molar-refractivity contribution in [2.75, 3.05) is 12.8 Å². The summed E-state index contributed by atoms with van der Waals surface area (Å²) in [4.78, 5) is 11.2. The van der Waals surface area contributed by atoms with E-state index in [9.17, 15) is 9.90 Å². The van der Waals surface area contributed by atoms with E-state index in [0.29, 0.717) is 5.75 Å². The summed E-state index contributed by atoms with van der Waals surface area (Å²) in [6.07, 6.45) is 0.